The third kappa shape index (κ3) is 5.50. The zero-order valence-electron chi connectivity index (χ0n) is 19.7. The Morgan fingerprint density at radius 2 is 2.00 bits per heavy atom. The number of benzene rings is 1. The zero-order valence-corrected chi connectivity index (χ0v) is 20.5. The third-order valence-electron chi connectivity index (χ3n) is 6.40. The van der Waals surface area contributed by atoms with Crippen molar-refractivity contribution in [2.75, 3.05) is 56.7 Å². The molecule has 1 aliphatic heterocycles. The van der Waals surface area contributed by atoms with E-state index in [1.165, 1.54) is 16.2 Å². The highest BCUT2D eigenvalue weighted by molar-refractivity contribution is 7.17. The molecule has 178 valence electrons. The zero-order chi connectivity index (χ0) is 23.4. The lowest BCUT2D eigenvalue weighted by Crippen LogP contribution is -2.48. The van der Waals surface area contributed by atoms with Crippen LogP contribution in [-0.4, -0.2) is 63.2 Å². The Morgan fingerprint density at radius 1 is 1.21 bits per heavy atom. The van der Waals surface area contributed by atoms with Gasteiger partial charge in [-0.15, -0.1) is 11.3 Å². The van der Waals surface area contributed by atoms with Crippen molar-refractivity contribution in [2.24, 2.45) is 5.92 Å². The molecule has 7 nitrogen and oxygen atoms in total. The van der Waals surface area contributed by atoms with E-state index in [2.05, 4.69) is 28.1 Å². The summed E-state index contributed by atoms with van der Waals surface area (Å²) >= 11 is 1.54. The average molecular weight is 472 g/mol. The van der Waals surface area contributed by atoms with Crippen LogP contribution < -0.4 is 15.0 Å². The van der Waals surface area contributed by atoms with Gasteiger partial charge in [-0.25, -0.2) is 4.79 Å². The quantitative estimate of drug-likeness (QED) is 0.619. The first-order valence-electron chi connectivity index (χ1n) is 11.7. The van der Waals surface area contributed by atoms with Gasteiger partial charge in [-0.2, -0.15) is 0 Å². The fraction of sp³-hybridized carbons (Fsp3) is 0.520. The van der Waals surface area contributed by atoms with Crippen molar-refractivity contribution < 1.29 is 19.1 Å². The van der Waals surface area contributed by atoms with Crippen molar-refractivity contribution in [3.05, 3.63) is 40.3 Å². The number of nitrogens with one attached hydrogen (secondary N) is 1. The van der Waals surface area contributed by atoms with E-state index < -0.39 is 0 Å². The molecule has 0 saturated carbocycles. The fourth-order valence-corrected chi connectivity index (χ4v) is 6.01. The lowest BCUT2D eigenvalue weighted by Gasteiger charge is -2.35. The van der Waals surface area contributed by atoms with E-state index in [1.54, 1.807) is 7.11 Å². The number of fused-ring (bicyclic) bond motifs is 1. The number of carbonyl (C=O) groups excluding carboxylic acids is 2. The highest BCUT2D eigenvalue weighted by Crippen LogP contribution is 2.40. The smallest absolute Gasteiger partial charge is 0.341 e. The average Bonchev–Trinajstić information content (AvgIpc) is 3.16. The molecule has 33 heavy (non-hydrogen) atoms. The molecule has 0 bridgehead atoms. The SMILES string of the molecule is CCOC(=O)c1c(NC(=O)CN2CCN(c3cccc(OC)c3)CC2)sc2c1CCC(C)C2. The van der Waals surface area contributed by atoms with Gasteiger partial charge in [-0.1, -0.05) is 13.0 Å². The number of nitrogens with zero attached hydrogens (tertiary/aromatic N) is 2. The van der Waals surface area contributed by atoms with Crippen LogP contribution in [0, 0.1) is 5.92 Å². The molecule has 1 amide bonds. The largest absolute Gasteiger partial charge is 0.497 e. The van der Waals surface area contributed by atoms with Crippen LogP contribution in [0.15, 0.2) is 24.3 Å². The molecule has 1 aliphatic carbocycles. The molecule has 0 radical (unpaired) electrons. The summed E-state index contributed by atoms with van der Waals surface area (Å²) in [6.07, 6.45) is 2.87. The van der Waals surface area contributed by atoms with Gasteiger partial charge < -0.3 is 19.7 Å². The number of anilines is 2. The summed E-state index contributed by atoms with van der Waals surface area (Å²) in [4.78, 5) is 31.2. The lowest BCUT2D eigenvalue weighted by molar-refractivity contribution is -0.117. The molecule has 2 aliphatic rings. The van der Waals surface area contributed by atoms with Crippen LogP contribution in [-0.2, 0) is 22.4 Å². The number of methoxy groups -OCH3 is 1. The topological polar surface area (TPSA) is 71.1 Å². The predicted molar refractivity (Wildman–Crippen MR) is 132 cm³/mol. The first-order valence-corrected chi connectivity index (χ1v) is 12.5. The minimum absolute atomic E-state index is 0.0815. The Labute approximate surface area is 199 Å². The molecule has 4 rings (SSSR count). The summed E-state index contributed by atoms with van der Waals surface area (Å²) in [5, 5.41) is 3.68. The van der Waals surface area contributed by atoms with Gasteiger partial charge in [0.1, 0.15) is 10.8 Å². The molecule has 1 aromatic carbocycles. The van der Waals surface area contributed by atoms with Gasteiger partial charge in [0, 0.05) is 42.8 Å². The van der Waals surface area contributed by atoms with Crippen LogP contribution in [0.1, 0.15) is 41.1 Å². The minimum atomic E-state index is -0.327. The van der Waals surface area contributed by atoms with Crippen molar-refractivity contribution in [3.63, 3.8) is 0 Å². The Morgan fingerprint density at radius 3 is 2.73 bits per heavy atom. The second kappa shape index (κ2) is 10.6. The van der Waals surface area contributed by atoms with Crippen molar-refractivity contribution in [1.82, 2.24) is 4.90 Å². The van der Waals surface area contributed by atoms with Gasteiger partial charge in [-0.3, -0.25) is 9.69 Å². The first-order chi connectivity index (χ1) is 16.0. The maximum Gasteiger partial charge on any atom is 0.341 e. The number of hydrogen-bond acceptors (Lipinski definition) is 7. The minimum Gasteiger partial charge on any atom is -0.497 e. The van der Waals surface area contributed by atoms with Crippen LogP contribution in [0.3, 0.4) is 0 Å². The molecule has 1 atom stereocenters. The Balaban J connectivity index is 1.38. The lowest BCUT2D eigenvalue weighted by atomic mass is 9.88. The van der Waals surface area contributed by atoms with Crippen LogP contribution >= 0.6 is 11.3 Å². The second-order valence-corrected chi connectivity index (χ2v) is 9.89. The Hall–Kier alpha value is -2.58. The highest BCUT2D eigenvalue weighted by Gasteiger charge is 2.29. The van der Waals surface area contributed by atoms with Crippen LogP contribution in [0.2, 0.25) is 0 Å². The fourth-order valence-electron chi connectivity index (χ4n) is 4.60. The van der Waals surface area contributed by atoms with E-state index in [0.29, 0.717) is 29.6 Å². The van der Waals surface area contributed by atoms with Gasteiger partial charge in [-0.05, 0) is 49.8 Å². The maximum atomic E-state index is 12.9. The van der Waals surface area contributed by atoms with Gasteiger partial charge in [0.2, 0.25) is 5.91 Å². The van der Waals surface area contributed by atoms with E-state index in [9.17, 15) is 9.59 Å². The predicted octanol–water partition coefficient (Wildman–Crippen LogP) is 3.82. The number of thiophene rings is 1. The number of ether oxygens (including phenoxy) is 2. The Kier molecular flexibility index (Phi) is 7.55. The number of amides is 1. The molecule has 1 unspecified atom stereocenters. The summed E-state index contributed by atoms with van der Waals surface area (Å²) in [7, 11) is 1.67. The number of hydrogen-bond donors (Lipinski definition) is 1. The van der Waals surface area contributed by atoms with Gasteiger partial charge in [0.15, 0.2) is 0 Å². The first kappa shape index (κ1) is 23.6. The van der Waals surface area contributed by atoms with Gasteiger partial charge in [0.25, 0.3) is 0 Å². The van der Waals surface area contributed by atoms with Crippen molar-refractivity contribution >= 4 is 33.9 Å². The van der Waals surface area contributed by atoms with E-state index in [-0.39, 0.29) is 11.9 Å². The van der Waals surface area contributed by atoms with E-state index >= 15 is 0 Å². The molecular weight excluding hydrogens is 438 g/mol. The third-order valence-corrected chi connectivity index (χ3v) is 7.57. The summed E-state index contributed by atoms with van der Waals surface area (Å²) in [6.45, 7) is 7.97. The molecule has 2 heterocycles. The van der Waals surface area contributed by atoms with Gasteiger partial charge in [0.05, 0.1) is 25.8 Å². The molecular formula is C25H33N3O4S. The van der Waals surface area contributed by atoms with Crippen molar-refractivity contribution in [1.29, 1.82) is 0 Å². The molecule has 1 saturated heterocycles. The maximum absolute atomic E-state index is 12.9. The monoisotopic (exact) mass is 471 g/mol. The van der Waals surface area contributed by atoms with Crippen LogP contribution in [0.25, 0.3) is 0 Å². The number of piperazine rings is 1. The normalized spacial score (nSPS) is 18.5. The summed E-state index contributed by atoms with van der Waals surface area (Å²) in [5.41, 5.74) is 2.77. The summed E-state index contributed by atoms with van der Waals surface area (Å²) < 4.78 is 10.6. The molecule has 0 spiro atoms. The number of esters is 1. The number of rotatable bonds is 7. The molecule has 1 N–H and O–H groups in total. The molecule has 1 aromatic heterocycles. The summed E-state index contributed by atoms with van der Waals surface area (Å²) in [6, 6.07) is 8.06. The molecule has 1 fully saturated rings. The second-order valence-electron chi connectivity index (χ2n) is 8.79. The van der Waals surface area contributed by atoms with Crippen LogP contribution in [0.5, 0.6) is 5.75 Å². The molecule has 8 heteroatoms. The summed E-state index contributed by atoms with van der Waals surface area (Å²) in [5.74, 6) is 1.03. The van der Waals surface area contributed by atoms with Crippen LogP contribution in [0.4, 0.5) is 10.7 Å². The van der Waals surface area contributed by atoms with E-state index in [0.717, 1.165) is 62.4 Å². The standard InChI is InChI=1S/C25H33N3O4S/c1-4-32-25(30)23-20-9-8-17(2)14-21(20)33-24(23)26-22(29)16-27-10-12-28(13-11-27)18-6-5-7-19(15-18)31-3/h5-7,15,17H,4,8-14,16H2,1-3H3,(H,26,29). The van der Waals surface area contributed by atoms with E-state index in [4.69, 9.17) is 9.47 Å². The van der Waals surface area contributed by atoms with Crippen molar-refractivity contribution in [2.45, 2.75) is 33.1 Å². The van der Waals surface area contributed by atoms with Crippen molar-refractivity contribution in [3.8, 4) is 5.75 Å². The van der Waals surface area contributed by atoms with E-state index in [1.807, 2.05) is 25.1 Å². The highest BCUT2D eigenvalue weighted by atomic mass is 32.1. The van der Waals surface area contributed by atoms with Gasteiger partial charge >= 0.3 is 5.97 Å². The number of carbonyl (C=O) groups is 2. The Bertz CT molecular complexity index is 998. The molecule has 2 aromatic rings.